The van der Waals surface area contributed by atoms with Crippen LogP contribution in [0.1, 0.15) is 78.2 Å². The van der Waals surface area contributed by atoms with Crippen molar-refractivity contribution in [1.82, 2.24) is 20.4 Å². The van der Waals surface area contributed by atoms with Gasteiger partial charge in [-0.1, -0.05) is 49.2 Å². The van der Waals surface area contributed by atoms with E-state index in [1.54, 1.807) is 43.2 Å². The number of carboxylic acid groups (broad SMARTS) is 1. The normalized spacial score (nSPS) is 28.1. The first kappa shape index (κ1) is 56.1. The van der Waals surface area contributed by atoms with Crippen molar-refractivity contribution in [2.24, 2.45) is 11.8 Å². The predicted molar refractivity (Wildman–Crippen MR) is 256 cm³/mol. The van der Waals surface area contributed by atoms with E-state index in [0.29, 0.717) is 24.4 Å². The molecule has 0 spiro atoms. The molecule has 9 atom stereocenters. The van der Waals surface area contributed by atoms with Crippen molar-refractivity contribution in [1.29, 1.82) is 0 Å². The number of halogens is 1. The third kappa shape index (κ3) is 15.1. The number of amides is 4. The third-order valence-electron chi connectivity index (χ3n) is 13.7. The topological polar surface area (TPSA) is 245 Å². The van der Waals surface area contributed by atoms with E-state index in [-0.39, 0.29) is 75.5 Å². The van der Waals surface area contributed by atoms with Gasteiger partial charge < -0.3 is 63.4 Å². The highest BCUT2D eigenvalue weighted by atomic mass is 35.5. The molecule has 0 saturated carbocycles. The van der Waals surface area contributed by atoms with Gasteiger partial charge in [0.05, 0.1) is 64.3 Å². The lowest BCUT2D eigenvalue weighted by Crippen LogP contribution is -2.63. The van der Waals surface area contributed by atoms with E-state index in [4.69, 9.17) is 49.9 Å². The molecule has 2 unspecified atom stereocenters. The molecule has 4 amide bonds. The van der Waals surface area contributed by atoms with Crippen molar-refractivity contribution in [2.75, 3.05) is 79.3 Å². The van der Waals surface area contributed by atoms with Gasteiger partial charge in [-0.3, -0.25) is 24.5 Å². The summed E-state index contributed by atoms with van der Waals surface area (Å²) in [5.74, 6) is -3.58. The number of ether oxygens (including phenoxy) is 7. The van der Waals surface area contributed by atoms with Gasteiger partial charge in [-0.15, -0.1) is 0 Å². The summed E-state index contributed by atoms with van der Waals surface area (Å²) in [7, 11) is 5.93. The van der Waals surface area contributed by atoms with Crippen LogP contribution in [0.4, 0.5) is 10.5 Å². The van der Waals surface area contributed by atoms with Crippen molar-refractivity contribution >= 4 is 53.0 Å². The number of benzene rings is 1. The maximum Gasteiger partial charge on any atom is 0.409 e. The Labute approximate surface area is 415 Å². The summed E-state index contributed by atoms with van der Waals surface area (Å²) in [6, 6.07) is 2.39. The van der Waals surface area contributed by atoms with Crippen molar-refractivity contribution < 1.29 is 72.1 Å². The molecule has 1 aromatic rings. The molecule has 390 valence electrons. The Bertz CT molecular complexity index is 2070. The number of nitrogens with zero attached hydrogens (tertiary/aromatic N) is 3. The van der Waals surface area contributed by atoms with Gasteiger partial charge in [0.2, 0.25) is 17.7 Å². The summed E-state index contributed by atoms with van der Waals surface area (Å²) in [5, 5.41) is 26.6. The fourth-order valence-electron chi connectivity index (χ4n) is 9.10. The molecule has 4 bridgehead atoms. The summed E-state index contributed by atoms with van der Waals surface area (Å²) in [4.78, 5) is 83.8. The number of nitrogens with one attached hydrogen (secondary N) is 2. The first-order valence-corrected chi connectivity index (χ1v) is 24.4. The van der Waals surface area contributed by atoms with E-state index < -0.39 is 84.0 Å². The molecular formula is C49H72ClN5O15. The Morgan fingerprint density at radius 2 is 1.66 bits per heavy atom. The molecule has 4 aliphatic heterocycles. The molecule has 1 aromatic carbocycles. The van der Waals surface area contributed by atoms with Crippen molar-refractivity contribution in [3.05, 3.63) is 46.5 Å². The molecule has 3 fully saturated rings. The van der Waals surface area contributed by atoms with E-state index in [9.17, 15) is 33.9 Å². The molecule has 21 heteroatoms. The first-order chi connectivity index (χ1) is 33.3. The van der Waals surface area contributed by atoms with Crippen LogP contribution < -0.4 is 20.3 Å². The lowest BCUT2D eigenvalue weighted by Gasteiger charge is -2.42. The third-order valence-corrected chi connectivity index (χ3v) is 14.0. The zero-order valence-corrected chi connectivity index (χ0v) is 42.4. The van der Waals surface area contributed by atoms with Crippen LogP contribution in [0.3, 0.4) is 0 Å². The highest BCUT2D eigenvalue weighted by Gasteiger charge is 2.55. The average molecular weight is 1010 g/mol. The molecule has 4 heterocycles. The Hall–Kier alpha value is -4.83. The van der Waals surface area contributed by atoms with Gasteiger partial charge in [-0.25, -0.2) is 9.59 Å². The number of carboxylic acids is 1. The number of methoxy groups -OCH3 is 2. The maximum absolute atomic E-state index is 14.3. The SMILES string of the molecule is COc1cc2cc(c1Cl)N(C)C(=O)C[C@H](OC(=O)[C@H](C)N(C)C(=O)CCC(=O)N(CCOCCOCCC(=O)O)C1CCNCC1)[C@@H](C)C1OC1[C@H](C)[C@@H]1C[C@@](O)(NC(=O)O1)[C@H](OC)/C=C/C=C(\C)C2. The Kier molecular flexibility index (Phi) is 20.9. The highest BCUT2D eigenvalue weighted by molar-refractivity contribution is 6.35. The van der Waals surface area contributed by atoms with Crippen molar-refractivity contribution in [3.8, 4) is 5.75 Å². The monoisotopic (exact) mass is 1010 g/mol. The minimum absolute atomic E-state index is 0.0376. The Morgan fingerprint density at radius 1 is 0.986 bits per heavy atom. The number of carbonyl (C=O) groups excluding carboxylic acids is 5. The minimum atomic E-state index is -1.83. The summed E-state index contributed by atoms with van der Waals surface area (Å²) < 4.78 is 40.3. The van der Waals surface area contributed by atoms with Gasteiger partial charge in [0.1, 0.15) is 35.1 Å². The lowest BCUT2D eigenvalue weighted by atomic mass is 9.85. The molecule has 4 aliphatic rings. The predicted octanol–water partition coefficient (Wildman–Crippen LogP) is 3.63. The van der Waals surface area contributed by atoms with Gasteiger partial charge in [-0.2, -0.15) is 0 Å². The van der Waals surface area contributed by atoms with Gasteiger partial charge in [0, 0.05) is 64.9 Å². The minimum Gasteiger partial charge on any atom is -0.495 e. The number of piperidine rings is 1. The maximum atomic E-state index is 14.3. The smallest absolute Gasteiger partial charge is 0.409 e. The van der Waals surface area contributed by atoms with E-state index >= 15 is 0 Å². The largest absolute Gasteiger partial charge is 0.495 e. The molecule has 0 radical (unpaired) electrons. The number of fused-ring (bicyclic) bond motifs is 5. The summed E-state index contributed by atoms with van der Waals surface area (Å²) in [6.07, 6.45) is 1.64. The number of aliphatic carboxylic acids is 1. The number of carbonyl (C=O) groups is 6. The van der Waals surface area contributed by atoms with Gasteiger partial charge in [-0.05, 0) is 63.9 Å². The number of rotatable bonds is 18. The first-order valence-electron chi connectivity index (χ1n) is 24.0. The van der Waals surface area contributed by atoms with Gasteiger partial charge in [0.15, 0.2) is 5.72 Å². The van der Waals surface area contributed by atoms with Gasteiger partial charge in [0.25, 0.3) is 0 Å². The molecule has 0 aromatic heterocycles. The molecule has 0 aliphatic carbocycles. The second-order valence-electron chi connectivity index (χ2n) is 18.6. The number of likely N-dealkylation sites (N-methyl/N-ethyl adjacent to an activating group) is 1. The van der Waals surface area contributed by atoms with Crippen molar-refractivity contribution in [3.63, 3.8) is 0 Å². The Morgan fingerprint density at radius 3 is 2.33 bits per heavy atom. The van der Waals surface area contributed by atoms with Crippen LogP contribution in [0.25, 0.3) is 0 Å². The van der Waals surface area contributed by atoms with Crippen LogP contribution in [0.2, 0.25) is 5.02 Å². The number of allylic oxidation sites excluding steroid dienone is 3. The molecule has 70 heavy (non-hydrogen) atoms. The van der Waals surface area contributed by atoms with Crippen LogP contribution in [-0.2, 0) is 58.8 Å². The molecular weight excluding hydrogens is 934 g/mol. The average Bonchev–Trinajstić information content (AvgIpc) is 4.13. The van der Waals surface area contributed by atoms with Crippen LogP contribution in [-0.4, -0.2) is 178 Å². The number of aliphatic hydroxyl groups is 1. The number of esters is 1. The standard InChI is InChI=1S/C49H72ClN5O15/c1-29-10-9-11-39(65-8)49(63)28-38(69-48(62)52-49)31(3)46-45(70-46)30(2)36(27-42(58)54(6)35-25-33(24-29)26-37(64-7)44(35)50)68-47(61)32(4)53(5)40(56)12-13-41(57)55(34-14-17-51-18-15-34)19-21-67-23-22-66-20-16-43(59)60/h9-11,25-26,30-32,34,36,38-39,45-46,51,63H,12-24,27-28H2,1-8H3,(H,52,62)(H,59,60)/b11-9+,29-10+/t30-,31-,32+,36+,38+,39-,45?,46?,49+/m1/s1. The quantitative estimate of drug-likeness (QED) is 0.0932. The number of alkyl carbamates (subject to hydrolysis) is 1. The molecule has 4 N–H and O–H groups in total. The Balaban J connectivity index is 1.32. The second-order valence-corrected chi connectivity index (χ2v) is 19.0. The van der Waals surface area contributed by atoms with Gasteiger partial charge >= 0.3 is 18.0 Å². The van der Waals surface area contributed by atoms with Crippen molar-refractivity contribution in [2.45, 2.75) is 127 Å². The number of epoxide rings is 1. The number of hydrogen-bond acceptors (Lipinski definition) is 15. The van der Waals surface area contributed by atoms with Crippen LogP contribution in [0.5, 0.6) is 5.75 Å². The van der Waals surface area contributed by atoms with E-state index in [2.05, 4.69) is 10.6 Å². The summed E-state index contributed by atoms with van der Waals surface area (Å²) >= 11 is 6.83. The fourth-order valence-corrected chi connectivity index (χ4v) is 9.42. The lowest BCUT2D eigenvalue weighted by molar-refractivity contribution is -0.161. The fraction of sp³-hybridized carbons (Fsp3) is 0.673. The van der Waals surface area contributed by atoms with Crippen LogP contribution in [0, 0.1) is 11.8 Å². The number of anilines is 1. The molecule has 3 saturated heterocycles. The summed E-state index contributed by atoms with van der Waals surface area (Å²) in [5.41, 5.74) is 0.215. The van der Waals surface area contributed by atoms with E-state index in [1.165, 1.54) is 38.0 Å². The molecule has 5 rings (SSSR count). The van der Waals surface area contributed by atoms with Crippen LogP contribution in [0.15, 0.2) is 35.9 Å². The van der Waals surface area contributed by atoms with Crippen LogP contribution >= 0.6 is 11.6 Å². The summed E-state index contributed by atoms with van der Waals surface area (Å²) in [6.45, 7) is 9.55. The zero-order chi connectivity index (χ0) is 51.3. The van der Waals surface area contributed by atoms with E-state index in [0.717, 1.165) is 37.1 Å². The highest BCUT2D eigenvalue weighted by Crippen LogP contribution is 2.43. The zero-order valence-electron chi connectivity index (χ0n) is 41.6. The second kappa shape index (κ2) is 26.0. The molecule has 20 nitrogen and oxygen atoms in total. The number of hydrogen-bond donors (Lipinski definition) is 4. The van der Waals surface area contributed by atoms with E-state index in [1.807, 2.05) is 19.9 Å².